The van der Waals surface area contributed by atoms with Crippen molar-refractivity contribution < 1.29 is 4.39 Å². The molecular weight excluding hydrogens is 105 g/mol. The lowest BCUT2D eigenvalue weighted by atomic mass is 9.99. The highest BCUT2D eigenvalue weighted by molar-refractivity contribution is 4.89. The summed E-state index contributed by atoms with van der Waals surface area (Å²) in [4.78, 5) is 0. The monoisotopic (exact) mass is 116 g/mol. The van der Waals surface area contributed by atoms with Crippen molar-refractivity contribution >= 4 is 0 Å². The molecule has 0 aromatic rings. The van der Waals surface area contributed by atoms with Crippen LogP contribution >= 0.6 is 0 Å². The molecule has 1 saturated heterocycles. The minimum absolute atomic E-state index is 0.503. The summed E-state index contributed by atoms with van der Waals surface area (Å²) >= 11 is 0. The summed E-state index contributed by atoms with van der Waals surface area (Å²) in [5.41, 5.74) is -0.988. The van der Waals surface area contributed by atoms with Crippen LogP contribution in [0.15, 0.2) is 0 Å². The summed E-state index contributed by atoms with van der Waals surface area (Å²) in [5.74, 6) is 0. The fourth-order valence-corrected chi connectivity index (χ4v) is 0.880. The van der Waals surface area contributed by atoms with Gasteiger partial charge in [0, 0.05) is 6.54 Å². The Morgan fingerprint density at radius 3 is 2.75 bits per heavy atom. The quantitative estimate of drug-likeness (QED) is 0.496. The summed E-state index contributed by atoms with van der Waals surface area (Å²) in [7, 11) is 0. The summed E-state index contributed by atoms with van der Waals surface area (Å²) in [6.45, 7) is 2.98. The lowest BCUT2D eigenvalue weighted by molar-refractivity contribution is 0.167. The van der Waals surface area contributed by atoms with E-state index in [2.05, 4.69) is 5.32 Å². The highest BCUT2D eigenvalue weighted by atomic mass is 19.1. The highest BCUT2D eigenvalue weighted by Gasteiger charge is 2.24. The van der Waals surface area contributed by atoms with Gasteiger partial charge in [0.1, 0.15) is 5.67 Å². The average molecular weight is 116 g/mol. The van der Waals surface area contributed by atoms with E-state index in [0.717, 1.165) is 6.54 Å². The van der Waals surface area contributed by atoms with Gasteiger partial charge in [0.05, 0.1) is 0 Å². The molecule has 1 aliphatic heterocycles. The molecule has 0 aromatic carbocycles. The zero-order chi connectivity index (χ0) is 6.04. The van der Waals surface area contributed by atoms with Gasteiger partial charge in [-0.1, -0.05) is 0 Å². The molecule has 1 unspecified atom stereocenters. The standard InChI is InChI=1S/C6H11FN/c1-6(7)3-2-4-8-5-6/h2,8H,3-5H2,1H3. The predicted molar refractivity (Wildman–Crippen MR) is 31.3 cm³/mol. The molecule has 0 bridgehead atoms. The van der Waals surface area contributed by atoms with E-state index in [4.69, 9.17) is 0 Å². The van der Waals surface area contributed by atoms with Crippen molar-refractivity contribution in [3.63, 3.8) is 0 Å². The summed E-state index contributed by atoms with van der Waals surface area (Å²) in [6, 6.07) is 0. The van der Waals surface area contributed by atoms with E-state index < -0.39 is 5.67 Å². The van der Waals surface area contributed by atoms with Crippen molar-refractivity contribution in [3.8, 4) is 0 Å². The van der Waals surface area contributed by atoms with Gasteiger partial charge in [-0.25, -0.2) is 4.39 Å². The Hall–Kier alpha value is -0.110. The first-order chi connectivity index (χ1) is 3.71. The summed E-state index contributed by atoms with van der Waals surface area (Å²) < 4.78 is 12.8. The minimum Gasteiger partial charge on any atom is -0.313 e. The molecule has 0 amide bonds. The number of piperidine rings is 1. The Morgan fingerprint density at radius 2 is 2.50 bits per heavy atom. The Kier molecular flexibility index (Phi) is 1.52. The van der Waals surface area contributed by atoms with Crippen molar-refractivity contribution in [1.29, 1.82) is 0 Å². The number of hydrogen-bond donors (Lipinski definition) is 1. The molecule has 8 heavy (non-hydrogen) atoms. The van der Waals surface area contributed by atoms with Gasteiger partial charge in [0.25, 0.3) is 0 Å². The SMILES string of the molecule is CC1(F)C[CH]CNC1. The zero-order valence-corrected chi connectivity index (χ0v) is 5.08. The van der Waals surface area contributed by atoms with E-state index in [9.17, 15) is 4.39 Å². The molecule has 1 heterocycles. The van der Waals surface area contributed by atoms with Crippen LogP contribution in [0.2, 0.25) is 0 Å². The molecule has 1 nitrogen and oxygen atoms in total. The Labute approximate surface area is 49.3 Å². The number of alkyl halides is 1. The third kappa shape index (κ3) is 1.44. The van der Waals surface area contributed by atoms with Crippen molar-refractivity contribution in [3.05, 3.63) is 6.42 Å². The highest BCUT2D eigenvalue weighted by Crippen LogP contribution is 2.17. The van der Waals surface area contributed by atoms with Crippen molar-refractivity contribution in [2.24, 2.45) is 0 Å². The maximum absolute atomic E-state index is 12.8. The van der Waals surface area contributed by atoms with Crippen LogP contribution in [0.25, 0.3) is 0 Å². The van der Waals surface area contributed by atoms with E-state index in [0.29, 0.717) is 13.0 Å². The third-order valence-electron chi connectivity index (χ3n) is 1.35. The van der Waals surface area contributed by atoms with E-state index in [1.165, 1.54) is 0 Å². The number of hydrogen-bond acceptors (Lipinski definition) is 1. The van der Waals surface area contributed by atoms with Crippen LogP contribution in [0.1, 0.15) is 13.3 Å². The van der Waals surface area contributed by atoms with Gasteiger partial charge >= 0.3 is 0 Å². The molecule has 1 radical (unpaired) electrons. The van der Waals surface area contributed by atoms with Crippen LogP contribution in [0.4, 0.5) is 4.39 Å². The molecule has 47 valence electrons. The van der Waals surface area contributed by atoms with Gasteiger partial charge in [0.2, 0.25) is 0 Å². The zero-order valence-electron chi connectivity index (χ0n) is 5.08. The van der Waals surface area contributed by atoms with E-state index in [1.807, 2.05) is 6.42 Å². The fourth-order valence-electron chi connectivity index (χ4n) is 0.880. The van der Waals surface area contributed by atoms with Crippen molar-refractivity contribution in [2.75, 3.05) is 13.1 Å². The Bertz CT molecular complexity index is 72.6. The van der Waals surface area contributed by atoms with E-state index >= 15 is 0 Å². The molecule has 1 atom stereocenters. The van der Waals surface area contributed by atoms with Gasteiger partial charge in [0.15, 0.2) is 0 Å². The Morgan fingerprint density at radius 1 is 1.75 bits per heavy atom. The first-order valence-electron chi connectivity index (χ1n) is 2.92. The smallest absolute Gasteiger partial charge is 0.121 e. The first kappa shape index (κ1) is 6.02. The van der Waals surface area contributed by atoms with Crippen LogP contribution in [-0.4, -0.2) is 18.8 Å². The second kappa shape index (κ2) is 2.02. The van der Waals surface area contributed by atoms with E-state index in [1.54, 1.807) is 6.92 Å². The number of nitrogens with one attached hydrogen (secondary N) is 1. The van der Waals surface area contributed by atoms with Gasteiger partial charge < -0.3 is 5.32 Å². The molecule has 0 aromatic heterocycles. The molecule has 1 N–H and O–H groups in total. The second-order valence-corrected chi connectivity index (χ2v) is 2.54. The first-order valence-corrected chi connectivity index (χ1v) is 2.92. The fraction of sp³-hybridized carbons (Fsp3) is 0.833. The normalized spacial score (nSPS) is 39.8. The average Bonchev–Trinajstić information content (AvgIpc) is 1.65. The van der Waals surface area contributed by atoms with E-state index in [-0.39, 0.29) is 0 Å². The minimum atomic E-state index is -0.988. The van der Waals surface area contributed by atoms with Crippen LogP contribution in [-0.2, 0) is 0 Å². The van der Waals surface area contributed by atoms with Crippen molar-refractivity contribution in [2.45, 2.75) is 19.0 Å². The molecule has 0 aliphatic carbocycles. The lowest BCUT2D eigenvalue weighted by Gasteiger charge is -2.25. The maximum atomic E-state index is 12.8. The third-order valence-corrected chi connectivity index (χ3v) is 1.35. The van der Waals surface area contributed by atoms with Gasteiger partial charge in [-0.15, -0.1) is 0 Å². The second-order valence-electron chi connectivity index (χ2n) is 2.54. The molecule has 2 heteroatoms. The summed E-state index contributed by atoms with van der Waals surface area (Å²) in [5, 5.41) is 2.94. The number of halogens is 1. The van der Waals surface area contributed by atoms with Crippen LogP contribution in [0, 0.1) is 6.42 Å². The van der Waals surface area contributed by atoms with Gasteiger partial charge in [-0.2, -0.15) is 0 Å². The molecule has 0 spiro atoms. The van der Waals surface area contributed by atoms with Crippen LogP contribution in [0.5, 0.6) is 0 Å². The van der Waals surface area contributed by atoms with Gasteiger partial charge in [-0.05, 0) is 26.3 Å². The Balaban J connectivity index is 2.33. The topological polar surface area (TPSA) is 12.0 Å². The predicted octanol–water partition coefficient (Wildman–Crippen LogP) is 0.912. The van der Waals surface area contributed by atoms with Crippen molar-refractivity contribution in [1.82, 2.24) is 5.32 Å². The lowest BCUT2D eigenvalue weighted by Crippen LogP contribution is -2.39. The molecule has 1 rings (SSSR count). The maximum Gasteiger partial charge on any atom is 0.121 e. The van der Waals surface area contributed by atoms with Gasteiger partial charge in [-0.3, -0.25) is 0 Å². The molecule has 1 aliphatic rings. The molecule has 0 saturated carbocycles. The summed E-state index contributed by atoms with van der Waals surface area (Å²) in [6.07, 6.45) is 2.53. The molecular formula is C6H11FN. The number of rotatable bonds is 0. The van der Waals surface area contributed by atoms with Crippen LogP contribution in [0.3, 0.4) is 0 Å². The largest absolute Gasteiger partial charge is 0.313 e. The van der Waals surface area contributed by atoms with Crippen LogP contribution < -0.4 is 5.32 Å². The molecule has 1 fully saturated rings.